The molecule has 1 aromatic heterocycles. The minimum absolute atomic E-state index is 0.0300. The Kier molecular flexibility index (Phi) is 7.63. The van der Waals surface area contributed by atoms with Crippen molar-refractivity contribution in [3.05, 3.63) is 70.3 Å². The molecular formula is C23H23N3O5S. The SMILES string of the molecule is CCOC(=O)CSC1=C(C#N)C(c2ccco2)C(C(=O)Nc2ccccc2OC)=C(C)N1. The maximum atomic E-state index is 13.4. The third-order valence-corrected chi connectivity index (χ3v) is 5.71. The zero-order valence-corrected chi connectivity index (χ0v) is 18.7. The third-order valence-electron chi connectivity index (χ3n) is 4.71. The van der Waals surface area contributed by atoms with Gasteiger partial charge in [-0.25, -0.2) is 0 Å². The highest BCUT2D eigenvalue weighted by atomic mass is 32.2. The first kappa shape index (κ1) is 23.0. The number of carbonyl (C=O) groups is 2. The van der Waals surface area contributed by atoms with E-state index < -0.39 is 11.8 Å². The lowest BCUT2D eigenvalue weighted by molar-refractivity contribution is -0.139. The molecule has 3 rings (SSSR count). The number of carbonyl (C=O) groups excluding carboxylic acids is 2. The average Bonchev–Trinajstić information content (AvgIpc) is 3.32. The molecule has 2 aromatic rings. The van der Waals surface area contributed by atoms with E-state index >= 15 is 0 Å². The van der Waals surface area contributed by atoms with E-state index in [0.717, 1.165) is 11.8 Å². The van der Waals surface area contributed by atoms with Crippen LogP contribution >= 0.6 is 11.8 Å². The Morgan fingerprint density at radius 3 is 2.72 bits per heavy atom. The molecule has 8 nitrogen and oxygen atoms in total. The highest BCUT2D eigenvalue weighted by molar-refractivity contribution is 8.03. The van der Waals surface area contributed by atoms with Crippen LogP contribution in [0.2, 0.25) is 0 Å². The highest BCUT2D eigenvalue weighted by Crippen LogP contribution is 2.41. The van der Waals surface area contributed by atoms with E-state index in [1.165, 1.54) is 13.4 Å². The number of nitrogens with one attached hydrogen (secondary N) is 2. The van der Waals surface area contributed by atoms with Gasteiger partial charge in [-0.2, -0.15) is 5.26 Å². The zero-order valence-electron chi connectivity index (χ0n) is 17.9. The monoisotopic (exact) mass is 453 g/mol. The number of methoxy groups -OCH3 is 1. The summed E-state index contributed by atoms with van der Waals surface area (Å²) in [6.45, 7) is 3.75. The minimum atomic E-state index is -0.740. The van der Waals surface area contributed by atoms with Crippen LogP contribution in [0.3, 0.4) is 0 Å². The fourth-order valence-electron chi connectivity index (χ4n) is 3.34. The van der Waals surface area contributed by atoms with Crippen LogP contribution in [0.4, 0.5) is 5.69 Å². The third kappa shape index (κ3) is 4.98. The second kappa shape index (κ2) is 10.6. The van der Waals surface area contributed by atoms with Gasteiger partial charge in [0.25, 0.3) is 5.91 Å². The summed E-state index contributed by atoms with van der Waals surface area (Å²) in [5.41, 5.74) is 1.67. The summed E-state index contributed by atoms with van der Waals surface area (Å²) in [7, 11) is 1.52. The largest absolute Gasteiger partial charge is 0.495 e. The molecule has 0 aliphatic carbocycles. The molecule has 1 aliphatic heterocycles. The van der Waals surface area contributed by atoms with E-state index in [2.05, 4.69) is 16.7 Å². The van der Waals surface area contributed by atoms with Crippen molar-refractivity contribution in [1.29, 1.82) is 5.26 Å². The second-order valence-electron chi connectivity index (χ2n) is 6.71. The lowest BCUT2D eigenvalue weighted by atomic mass is 9.85. The van der Waals surface area contributed by atoms with Gasteiger partial charge in [-0.15, -0.1) is 0 Å². The number of hydrogen-bond acceptors (Lipinski definition) is 8. The maximum absolute atomic E-state index is 13.4. The first-order valence-electron chi connectivity index (χ1n) is 9.88. The van der Waals surface area contributed by atoms with Crippen LogP contribution in [0.15, 0.2) is 69.0 Å². The summed E-state index contributed by atoms with van der Waals surface area (Å²) in [6.07, 6.45) is 1.49. The molecule has 1 amide bonds. The standard InChI is InChI=1S/C23H23N3O5S/c1-4-30-19(27)13-32-23-15(12-24)21(18-10-7-11-31-18)20(14(2)25-23)22(28)26-16-8-5-6-9-17(16)29-3/h5-11,21,25H,4,13H2,1-3H3,(H,26,28). The number of rotatable bonds is 8. The van der Waals surface area contributed by atoms with E-state index in [4.69, 9.17) is 13.9 Å². The average molecular weight is 454 g/mol. The fourth-order valence-corrected chi connectivity index (χ4v) is 4.23. The van der Waals surface area contributed by atoms with Gasteiger partial charge >= 0.3 is 5.97 Å². The zero-order chi connectivity index (χ0) is 23.1. The Morgan fingerprint density at radius 2 is 2.06 bits per heavy atom. The van der Waals surface area contributed by atoms with Crippen LogP contribution in [-0.4, -0.2) is 31.3 Å². The summed E-state index contributed by atoms with van der Waals surface area (Å²) in [5.74, 6) is -0.540. The molecule has 0 saturated heterocycles. The van der Waals surface area contributed by atoms with Crippen LogP contribution < -0.4 is 15.4 Å². The molecule has 0 saturated carbocycles. The number of esters is 1. The first-order valence-corrected chi connectivity index (χ1v) is 10.9. The van der Waals surface area contributed by atoms with Gasteiger partial charge in [-0.1, -0.05) is 23.9 Å². The van der Waals surface area contributed by atoms with Gasteiger partial charge in [-0.3, -0.25) is 9.59 Å². The molecule has 2 heterocycles. The maximum Gasteiger partial charge on any atom is 0.316 e. The lowest BCUT2D eigenvalue weighted by Gasteiger charge is -2.28. The Morgan fingerprint density at radius 1 is 1.28 bits per heavy atom. The topological polar surface area (TPSA) is 114 Å². The first-order chi connectivity index (χ1) is 15.5. The minimum Gasteiger partial charge on any atom is -0.495 e. The Balaban J connectivity index is 1.97. The second-order valence-corrected chi connectivity index (χ2v) is 7.70. The number of nitrogens with zero attached hydrogens (tertiary/aromatic N) is 1. The number of thioether (sulfide) groups is 1. The van der Waals surface area contributed by atoms with E-state index in [-0.39, 0.29) is 23.9 Å². The van der Waals surface area contributed by atoms with Gasteiger partial charge in [-0.05, 0) is 38.1 Å². The van der Waals surface area contributed by atoms with Crippen LogP contribution in [0.5, 0.6) is 5.75 Å². The molecular weight excluding hydrogens is 430 g/mol. The van der Waals surface area contributed by atoms with E-state index in [1.54, 1.807) is 50.2 Å². The Bertz CT molecular complexity index is 1100. The van der Waals surface area contributed by atoms with Gasteiger partial charge < -0.3 is 24.5 Å². The van der Waals surface area contributed by atoms with Crippen molar-refractivity contribution in [2.45, 2.75) is 19.8 Å². The number of dihydropyridines is 1. The number of furan rings is 1. The molecule has 166 valence electrons. The number of amides is 1. The molecule has 0 bridgehead atoms. The molecule has 1 unspecified atom stereocenters. The number of anilines is 1. The fraction of sp³-hybridized carbons (Fsp3) is 0.261. The highest BCUT2D eigenvalue weighted by Gasteiger charge is 2.36. The van der Waals surface area contributed by atoms with Crippen LogP contribution in [0, 0.1) is 11.3 Å². The molecule has 0 spiro atoms. The normalized spacial score (nSPS) is 15.6. The smallest absolute Gasteiger partial charge is 0.316 e. The van der Waals surface area contributed by atoms with Crippen molar-refractivity contribution in [1.82, 2.24) is 5.32 Å². The van der Waals surface area contributed by atoms with Gasteiger partial charge in [0.1, 0.15) is 11.5 Å². The van der Waals surface area contributed by atoms with Crippen molar-refractivity contribution in [2.75, 3.05) is 24.8 Å². The molecule has 1 aliphatic rings. The molecule has 2 N–H and O–H groups in total. The van der Waals surface area contributed by atoms with Crippen LogP contribution in [-0.2, 0) is 14.3 Å². The van der Waals surface area contributed by atoms with Gasteiger partial charge in [0, 0.05) is 5.70 Å². The molecule has 1 aromatic carbocycles. The number of hydrogen-bond donors (Lipinski definition) is 2. The number of ether oxygens (including phenoxy) is 2. The molecule has 0 radical (unpaired) electrons. The Labute approximate surface area is 190 Å². The quantitative estimate of drug-likeness (QED) is 0.578. The summed E-state index contributed by atoms with van der Waals surface area (Å²) in [6, 6.07) is 12.7. The van der Waals surface area contributed by atoms with Crippen LogP contribution in [0.25, 0.3) is 0 Å². The number of allylic oxidation sites excluding steroid dienone is 2. The summed E-state index contributed by atoms with van der Waals surface area (Å²) in [5, 5.41) is 16.4. The van der Waals surface area contributed by atoms with Crippen molar-refractivity contribution in [3.8, 4) is 11.8 Å². The number of benzene rings is 1. The lowest BCUT2D eigenvalue weighted by Crippen LogP contribution is -2.31. The molecule has 9 heteroatoms. The molecule has 0 fully saturated rings. The Hall–Kier alpha value is -3.64. The van der Waals surface area contributed by atoms with Crippen molar-refractivity contribution in [3.63, 3.8) is 0 Å². The molecule has 1 atom stereocenters. The summed E-state index contributed by atoms with van der Waals surface area (Å²) >= 11 is 1.15. The predicted octanol–water partition coefficient (Wildman–Crippen LogP) is 3.92. The van der Waals surface area contributed by atoms with Gasteiger partial charge in [0.15, 0.2) is 0 Å². The van der Waals surface area contributed by atoms with Crippen molar-refractivity contribution >= 4 is 29.3 Å². The van der Waals surface area contributed by atoms with Crippen LogP contribution in [0.1, 0.15) is 25.5 Å². The predicted molar refractivity (Wildman–Crippen MR) is 121 cm³/mol. The van der Waals surface area contributed by atoms with E-state index in [1.807, 2.05) is 0 Å². The van der Waals surface area contributed by atoms with E-state index in [0.29, 0.717) is 33.5 Å². The van der Waals surface area contributed by atoms with Gasteiger partial charge in [0.2, 0.25) is 0 Å². The molecule has 32 heavy (non-hydrogen) atoms. The van der Waals surface area contributed by atoms with Gasteiger partial charge in [0.05, 0.1) is 59.6 Å². The summed E-state index contributed by atoms with van der Waals surface area (Å²) in [4.78, 5) is 25.2. The summed E-state index contributed by atoms with van der Waals surface area (Å²) < 4.78 is 15.9. The van der Waals surface area contributed by atoms with Crippen molar-refractivity contribution in [2.24, 2.45) is 0 Å². The number of nitriles is 1. The number of para-hydroxylation sites is 2. The van der Waals surface area contributed by atoms with E-state index in [9.17, 15) is 14.9 Å². The van der Waals surface area contributed by atoms with Crippen molar-refractivity contribution < 1.29 is 23.5 Å².